The van der Waals surface area contributed by atoms with Crippen LogP contribution in [0, 0.1) is 5.92 Å². The number of hydrogen-bond donors (Lipinski definition) is 5. The van der Waals surface area contributed by atoms with Crippen molar-refractivity contribution in [2.24, 2.45) is 5.92 Å². The van der Waals surface area contributed by atoms with Crippen LogP contribution in [0.25, 0.3) is 0 Å². The number of carbonyl (C=O) groups excluding carboxylic acids is 3. The van der Waals surface area contributed by atoms with Crippen LogP contribution in [-0.2, 0) is 9.59 Å². The van der Waals surface area contributed by atoms with Crippen LogP contribution >= 0.6 is 0 Å². The molecule has 1 aromatic carbocycles. The molecule has 3 amide bonds. The minimum atomic E-state index is -0.722. The van der Waals surface area contributed by atoms with Crippen molar-refractivity contribution in [2.75, 3.05) is 19.7 Å². The fourth-order valence-corrected chi connectivity index (χ4v) is 3.09. The molecule has 0 aliphatic heterocycles. The molecule has 27 heavy (non-hydrogen) atoms. The summed E-state index contributed by atoms with van der Waals surface area (Å²) in [4.78, 5) is 36.2. The third-order valence-corrected chi connectivity index (χ3v) is 4.61. The molecule has 1 aliphatic rings. The summed E-state index contributed by atoms with van der Waals surface area (Å²) in [6.07, 6.45) is 1.07. The number of aliphatic hydroxyl groups excluding tert-OH is 2. The maximum absolute atomic E-state index is 12.1. The molecule has 5 N–H and O–H groups in total. The molecule has 0 bridgehead atoms. The zero-order valence-electron chi connectivity index (χ0n) is 15.2. The van der Waals surface area contributed by atoms with Crippen LogP contribution in [0.2, 0.25) is 0 Å². The molecule has 0 heterocycles. The highest BCUT2D eigenvalue weighted by Crippen LogP contribution is 2.25. The molecule has 1 aliphatic carbocycles. The standard InChI is InChI=1S/C19H27N3O5/c23-10-4-9-20-19(27)14-7-8-16(24)15(11-14)22-17(25)12-21-18(26)13-5-2-1-3-6-13/h1-3,5-6,14-16,23-24H,4,7-12H2,(H,20,27)(H,21,26)(H,22,25)/t14-,15+,16+/m0/s1. The van der Waals surface area contributed by atoms with Crippen molar-refractivity contribution >= 4 is 17.7 Å². The Labute approximate surface area is 158 Å². The van der Waals surface area contributed by atoms with Crippen LogP contribution in [0.1, 0.15) is 36.0 Å². The van der Waals surface area contributed by atoms with Gasteiger partial charge in [0, 0.05) is 24.6 Å². The van der Waals surface area contributed by atoms with Gasteiger partial charge in [0.2, 0.25) is 11.8 Å². The normalized spacial score (nSPS) is 21.9. The average Bonchev–Trinajstić information content (AvgIpc) is 2.68. The van der Waals surface area contributed by atoms with Crippen molar-refractivity contribution in [1.29, 1.82) is 0 Å². The van der Waals surface area contributed by atoms with Crippen LogP contribution in [0.4, 0.5) is 0 Å². The van der Waals surface area contributed by atoms with E-state index in [1.54, 1.807) is 30.3 Å². The first kappa shape index (κ1) is 20.9. The zero-order valence-corrected chi connectivity index (χ0v) is 15.2. The Balaban J connectivity index is 1.79. The van der Waals surface area contributed by atoms with Gasteiger partial charge in [0.05, 0.1) is 18.7 Å². The van der Waals surface area contributed by atoms with Gasteiger partial charge in [-0.3, -0.25) is 14.4 Å². The van der Waals surface area contributed by atoms with E-state index in [-0.39, 0.29) is 30.9 Å². The second kappa shape index (κ2) is 10.6. The van der Waals surface area contributed by atoms with Crippen LogP contribution in [0.3, 0.4) is 0 Å². The Morgan fingerprint density at radius 2 is 1.81 bits per heavy atom. The summed E-state index contributed by atoms with van der Waals surface area (Å²) in [5.41, 5.74) is 0.461. The highest BCUT2D eigenvalue weighted by Gasteiger charge is 2.33. The first-order valence-corrected chi connectivity index (χ1v) is 9.20. The Morgan fingerprint density at radius 3 is 2.52 bits per heavy atom. The summed E-state index contributed by atoms with van der Waals surface area (Å²) >= 11 is 0. The number of amides is 3. The van der Waals surface area contributed by atoms with Gasteiger partial charge >= 0.3 is 0 Å². The maximum atomic E-state index is 12.1. The monoisotopic (exact) mass is 377 g/mol. The fourth-order valence-electron chi connectivity index (χ4n) is 3.09. The number of aliphatic hydroxyl groups is 2. The molecule has 0 spiro atoms. The molecule has 2 rings (SSSR count). The van der Waals surface area contributed by atoms with Crippen molar-refractivity contribution < 1.29 is 24.6 Å². The third kappa shape index (κ3) is 6.65. The molecule has 0 unspecified atom stereocenters. The van der Waals surface area contributed by atoms with Gasteiger partial charge in [0.1, 0.15) is 0 Å². The van der Waals surface area contributed by atoms with Crippen LogP contribution in [0.5, 0.6) is 0 Å². The predicted octanol–water partition coefficient (Wildman–Crippen LogP) is -0.439. The minimum absolute atomic E-state index is 0.0110. The molecule has 3 atom stereocenters. The number of nitrogens with one attached hydrogen (secondary N) is 3. The van der Waals surface area contributed by atoms with Gasteiger partial charge in [-0.15, -0.1) is 0 Å². The topological polar surface area (TPSA) is 128 Å². The highest BCUT2D eigenvalue weighted by molar-refractivity contribution is 5.96. The van der Waals surface area contributed by atoms with Gasteiger partial charge in [-0.1, -0.05) is 18.2 Å². The third-order valence-electron chi connectivity index (χ3n) is 4.61. The molecule has 0 radical (unpaired) electrons. The average molecular weight is 377 g/mol. The van der Waals surface area contributed by atoms with Gasteiger partial charge in [-0.2, -0.15) is 0 Å². The van der Waals surface area contributed by atoms with E-state index in [0.717, 1.165) is 0 Å². The fraction of sp³-hybridized carbons (Fsp3) is 0.526. The van der Waals surface area contributed by atoms with Gasteiger partial charge in [-0.25, -0.2) is 0 Å². The first-order valence-electron chi connectivity index (χ1n) is 9.20. The number of benzene rings is 1. The second-order valence-electron chi connectivity index (χ2n) is 6.67. The van der Waals surface area contributed by atoms with E-state index in [2.05, 4.69) is 16.0 Å². The first-order chi connectivity index (χ1) is 13.0. The van der Waals surface area contributed by atoms with Crippen molar-refractivity contribution in [3.63, 3.8) is 0 Å². The predicted molar refractivity (Wildman–Crippen MR) is 98.8 cm³/mol. The summed E-state index contributed by atoms with van der Waals surface area (Å²) < 4.78 is 0. The lowest BCUT2D eigenvalue weighted by Gasteiger charge is -2.33. The number of rotatable bonds is 8. The molecule has 8 heteroatoms. The van der Waals surface area contributed by atoms with Crippen molar-refractivity contribution in [1.82, 2.24) is 16.0 Å². The molecule has 0 saturated heterocycles. The molecule has 1 saturated carbocycles. The molecule has 0 aromatic heterocycles. The highest BCUT2D eigenvalue weighted by atomic mass is 16.3. The van der Waals surface area contributed by atoms with Crippen molar-refractivity contribution in [3.05, 3.63) is 35.9 Å². The SMILES string of the molecule is O=C(CNC(=O)c1ccccc1)N[C@@H]1C[C@@H](C(=O)NCCCO)CC[C@H]1O. The summed E-state index contributed by atoms with van der Waals surface area (Å²) in [6, 6.07) is 8.03. The Kier molecular flexibility index (Phi) is 8.22. The Morgan fingerprint density at radius 1 is 1.07 bits per heavy atom. The van der Waals surface area contributed by atoms with Crippen LogP contribution < -0.4 is 16.0 Å². The number of hydrogen-bond acceptors (Lipinski definition) is 5. The van der Waals surface area contributed by atoms with E-state index in [0.29, 0.717) is 37.8 Å². The quantitative estimate of drug-likeness (QED) is 0.393. The van der Waals surface area contributed by atoms with E-state index in [1.807, 2.05) is 0 Å². The summed E-state index contributed by atoms with van der Waals surface area (Å²) in [7, 11) is 0. The zero-order chi connectivity index (χ0) is 19.6. The Bertz CT molecular complexity index is 637. The van der Waals surface area contributed by atoms with Gasteiger partial charge in [0.15, 0.2) is 0 Å². The lowest BCUT2D eigenvalue weighted by atomic mass is 9.83. The molecule has 1 fully saturated rings. The molecule has 1 aromatic rings. The van der Waals surface area contributed by atoms with Crippen LogP contribution in [0.15, 0.2) is 30.3 Å². The van der Waals surface area contributed by atoms with Gasteiger partial charge in [-0.05, 0) is 37.8 Å². The van der Waals surface area contributed by atoms with E-state index < -0.39 is 18.1 Å². The molecular weight excluding hydrogens is 350 g/mol. The van der Waals surface area contributed by atoms with Gasteiger partial charge in [0.25, 0.3) is 5.91 Å². The molecule has 8 nitrogen and oxygen atoms in total. The molecular formula is C19H27N3O5. The summed E-state index contributed by atoms with van der Waals surface area (Å²) in [5, 5.41) is 26.9. The maximum Gasteiger partial charge on any atom is 0.251 e. The van der Waals surface area contributed by atoms with Crippen molar-refractivity contribution in [3.8, 4) is 0 Å². The Hall–Kier alpha value is -2.45. The number of carbonyl (C=O) groups is 3. The van der Waals surface area contributed by atoms with E-state index >= 15 is 0 Å². The van der Waals surface area contributed by atoms with Crippen LogP contribution in [-0.4, -0.2) is 59.8 Å². The largest absolute Gasteiger partial charge is 0.396 e. The van der Waals surface area contributed by atoms with E-state index in [9.17, 15) is 19.5 Å². The van der Waals surface area contributed by atoms with E-state index in [1.165, 1.54) is 0 Å². The lowest BCUT2D eigenvalue weighted by molar-refractivity contribution is -0.129. The summed E-state index contributed by atoms with van der Waals surface area (Å²) in [5.74, 6) is -1.19. The van der Waals surface area contributed by atoms with Crippen molar-refractivity contribution in [2.45, 2.75) is 37.8 Å². The molecule has 148 valence electrons. The lowest BCUT2D eigenvalue weighted by Crippen LogP contribution is -2.51. The second-order valence-corrected chi connectivity index (χ2v) is 6.67. The minimum Gasteiger partial charge on any atom is -0.396 e. The van der Waals surface area contributed by atoms with E-state index in [4.69, 9.17) is 5.11 Å². The summed E-state index contributed by atoms with van der Waals surface area (Å²) in [6.45, 7) is 0.207. The smallest absolute Gasteiger partial charge is 0.251 e. The van der Waals surface area contributed by atoms with Gasteiger partial charge < -0.3 is 26.2 Å².